The number of rotatable bonds is 6. The molecule has 0 aliphatic heterocycles. The molecule has 2 N–H and O–H groups in total. The smallest absolute Gasteiger partial charge is 0.328 e. The summed E-state index contributed by atoms with van der Waals surface area (Å²) < 4.78 is 3.09. The molecule has 8 heteroatoms. The van der Waals surface area contributed by atoms with E-state index in [0.717, 1.165) is 11.3 Å². The summed E-state index contributed by atoms with van der Waals surface area (Å²) in [5.41, 5.74) is 3.61. The number of carboxylic acid groups (broad SMARTS) is 1. The first kappa shape index (κ1) is 18.4. The predicted molar refractivity (Wildman–Crippen MR) is 99.8 cm³/mol. The van der Waals surface area contributed by atoms with E-state index in [1.54, 1.807) is 0 Å². The molecule has 3 aromatic rings. The third kappa shape index (κ3) is 3.89. The molecular formula is C19H21N5O3. The molecule has 2 aromatic heterocycles. The van der Waals surface area contributed by atoms with Gasteiger partial charge in [0.15, 0.2) is 0 Å². The molecule has 0 saturated heterocycles. The highest BCUT2D eigenvalue weighted by Gasteiger charge is 2.19. The third-order valence-electron chi connectivity index (χ3n) is 4.41. The molecule has 0 spiro atoms. The first-order valence-electron chi connectivity index (χ1n) is 8.53. The molecule has 0 aliphatic carbocycles. The lowest BCUT2D eigenvalue weighted by Gasteiger charge is -2.07. The number of nitrogens with one attached hydrogen (secondary N) is 1. The Hall–Kier alpha value is -3.42. The Morgan fingerprint density at radius 3 is 2.59 bits per heavy atom. The number of amides is 1. The van der Waals surface area contributed by atoms with Gasteiger partial charge in [-0.15, -0.1) is 0 Å². The molecule has 0 aliphatic rings. The van der Waals surface area contributed by atoms with Crippen LogP contribution in [-0.2, 0) is 11.3 Å². The monoisotopic (exact) mass is 367 g/mol. The van der Waals surface area contributed by atoms with Crippen LogP contribution >= 0.6 is 0 Å². The molecule has 0 bridgehead atoms. The summed E-state index contributed by atoms with van der Waals surface area (Å²) in [6.45, 7) is 5.84. The minimum Gasteiger partial charge on any atom is -0.480 e. The summed E-state index contributed by atoms with van der Waals surface area (Å²) in [5, 5.41) is 20.4. The molecule has 3 rings (SSSR count). The van der Waals surface area contributed by atoms with E-state index in [0.29, 0.717) is 17.9 Å². The van der Waals surface area contributed by atoms with Crippen LogP contribution in [0.2, 0.25) is 0 Å². The van der Waals surface area contributed by atoms with Gasteiger partial charge in [-0.25, -0.2) is 4.79 Å². The summed E-state index contributed by atoms with van der Waals surface area (Å²) in [4.78, 5) is 23.6. The van der Waals surface area contributed by atoms with Gasteiger partial charge in [0.25, 0.3) is 5.91 Å². The lowest BCUT2D eigenvalue weighted by atomic mass is 10.2. The summed E-state index contributed by atoms with van der Waals surface area (Å²) in [7, 11) is 0. The van der Waals surface area contributed by atoms with E-state index in [-0.39, 0.29) is 11.5 Å². The van der Waals surface area contributed by atoms with E-state index in [1.807, 2.05) is 48.9 Å². The largest absolute Gasteiger partial charge is 0.480 e. The molecule has 0 saturated carbocycles. The number of nitrogens with zero attached hydrogens (tertiary/aromatic N) is 4. The van der Waals surface area contributed by atoms with Crippen molar-refractivity contribution in [1.29, 1.82) is 0 Å². The zero-order valence-corrected chi connectivity index (χ0v) is 15.4. The standard InChI is InChI=1S/C19H21N5O3/c1-12-17(13(2)24(22-12)10-15-7-5-4-6-8-15)21-18(25)16-9-20-23(11-16)14(3)19(26)27/h4-9,11,14H,10H2,1-3H3,(H,21,25)(H,26,27). The maximum Gasteiger partial charge on any atom is 0.328 e. The fourth-order valence-electron chi connectivity index (χ4n) is 2.75. The topological polar surface area (TPSA) is 102 Å². The Bertz CT molecular complexity index is 975. The van der Waals surface area contributed by atoms with Gasteiger partial charge in [-0.2, -0.15) is 10.2 Å². The highest BCUT2D eigenvalue weighted by Crippen LogP contribution is 2.21. The number of carboxylic acids is 1. The Labute approximate surface area is 156 Å². The summed E-state index contributed by atoms with van der Waals surface area (Å²) >= 11 is 0. The number of hydrogen-bond donors (Lipinski definition) is 2. The van der Waals surface area contributed by atoms with E-state index in [1.165, 1.54) is 24.0 Å². The van der Waals surface area contributed by atoms with Crippen LogP contribution in [0.4, 0.5) is 5.69 Å². The number of anilines is 1. The molecule has 0 fully saturated rings. The van der Waals surface area contributed by atoms with Crippen molar-refractivity contribution in [3.05, 3.63) is 65.2 Å². The Morgan fingerprint density at radius 2 is 1.93 bits per heavy atom. The molecule has 140 valence electrons. The predicted octanol–water partition coefficient (Wildman–Crippen LogP) is 2.64. The van der Waals surface area contributed by atoms with Crippen molar-refractivity contribution in [3.63, 3.8) is 0 Å². The van der Waals surface area contributed by atoms with E-state index >= 15 is 0 Å². The van der Waals surface area contributed by atoms with Gasteiger partial charge in [-0.3, -0.25) is 14.2 Å². The van der Waals surface area contributed by atoms with E-state index in [9.17, 15) is 9.59 Å². The van der Waals surface area contributed by atoms with Gasteiger partial charge in [0.1, 0.15) is 6.04 Å². The van der Waals surface area contributed by atoms with Crippen LogP contribution in [-0.4, -0.2) is 36.5 Å². The van der Waals surface area contributed by atoms with Gasteiger partial charge in [-0.05, 0) is 26.3 Å². The molecular weight excluding hydrogens is 346 g/mol. The number of carbonyl (C=O) groups is 2. The number of aryl methyl sites for hydroxylation is 1. The van der Waals surface area contributed by atoms with Crippen LogP contribution < -0.4 is 5.32 Å². The first-order valence-corrected chi connectivity index (χ1v) is 8.53. The molecule has 1 atom stereocenters. The van der Waals surface area contributed by atoms with Crippen molar-refractivity contribution in [2.24, 2.45) is 0 Å². The molecule has 1 amide bonds. The number of aliphatic carboxylic acids is 1. The average molecular weight is 367 g/mol. The van der Waals surface area contributed by atoms with Crippen LogP contribution in [0.25, 0.3) is 0 Å². The van der Waals surface area contributed by atoms with Crippen LogP contribution in [0, 0.1) is 13.8 Å². The maximum absolute atomic E-state index is 12.5. The molecule has 2 heterocycles. The van der Waals surface area contributed by atoms with E-state index in [2.05, 4.69) is 15.5 Å². The minimum absolute atomic E-state index is 0.290. The van der Waals surface area contributed by atoms with Gasteiger partial charge in [0.2, 0.25) is 0 Å². The van der Waals surface area contributed by atoms with Crippen molar-refractivity contribution in [2.75, 3.05) is 5.32 Å². The fraction of sp³-hybridized carbons (Fsp3) is 0.263. The second-order valence-electron chi connectivity index (χ2n) is 6.37. The molecule has 0 radical (unpaired) electrons. The van der Waals surface area contributed by atoms with Crippen LogP contribution in [0.5, 0.6) is 0 Å². The Kier molecular flexibility index (Phi) is 5.07. The second-order valence-corrected chi connectivity index (χ2v) is 6.37. The zero-order valence-electron chi connectivity index (χ0n) is 15.4. The van der Waals surface area contributed by atoms with E-state index in [4.69, 9.17) is 5.11 Å². The minimum atomic E-state index is -1.01. The van der Waals surface area contributed by atoms with Gasteiger partial charge in [-0.1, -0.05) is 30.3 Å². The van der Waals surface area contributed by atoms with Gasteiger partial charge in [0.05, 0.1) is 35.4 Å². The van der Waals surface area contributed by atoms with Gasteiger partial charge >= 0.3 is 5.97 Å². The first-order chi connectivity index (χ1) is 12.9. The average Bonchev–Trinajstić information content (AvgIpc) is 3.23. The molecule has 1 unspecified atom stereocenters. The lowest BCUT2D eigenvalue weighted by molar-refractivity contribution is -0.140. The van der Waals surface area contributed by atoms with Crippen LogP contribution in [0.1, 0.15) is 40.3 Å². The van der Waals surface area contributed by atoms with Crippen molar-refractivity contribution < 1.29 is 14.7 Å². The van der Waals surface area contributed by atoms with Crippen molar-refractivity contribution in [1.82, 2.24) is 19.6 Å². The van der Waals surface area contributed by atoms with E-state index < -0.39 is 12.0 Å². The van der Waals surface area contributed by atoms with Crippen LogP contribution in [0.3, 0.4) is 0 Å². The van der Waals surface area contributed by atoms with Crippen LogP contribution in [0.15, 0.2) is 42.7 Å². The number of benzene rings is 1. The zero-order chi connectivity index (χ0) is 19.6. The summed E-state index contributed by atoms with van der Waals surface area (Å²) in [6, 6.07) is 9.10. The Morgan fingerprint density at radius 1 is 1.22 bits per heavy atom. The van der Waals surface area contributed by atoms with Gasteiger partial charge < -0.3 is 10.4 Å². The molecule has 8 nitrogen and oxygen atoms in total. The summed E-state index contributed by atoms with van der Waals surface area (Å²) in [5.74, 6) is -1.37. The summed E-state index contributed by atoms with van der Waals surface area (Å²) in [6.07, 6.45) is 2.78. The maximum atomic E-state index is 12.5. The second kappa shape index (κ2) is 7.45. The van der Waals surface area contributed by atoms with Crippen molar-refractivity contribution >= 4 is 17.6 Å². The van der Waals surface area contributed by atoms with Gasteiger partial charge in [0, 0.05) is 6.20 Å². The van der Waals surface area contributed by atoms with Crippen molar-refractivity contribution in [2.45, 2.75) is 33.4 Å². The molecule has 1 aromatic carbocycles. The number of hydrogen-bond acceptors (Lipinski definition) is 4. The third-order valence-corrected chi connectivity index (χ3v) is 4.41. The highest BCUT2D eigenvalue weighted by atomic mass is 16.4. The SMILES string of the molecule is Cc1nn(Cc2ccccc2)c(C)c1NC(=O)c1cnn(C(C)C(=O)O)c1. The highest BCUT2D eigenvalue weighted by molar-refractivity contribution is 6.04. The van der Waals surface area contributed by atoms with Crippen molar-refractivity contribution in [3.8, 4) is 0 Å². The number of carbonyl (C=O) groups excluding carboxylic acids is 1. The molecule has 27 heavy (non-hydrogen) atoms. The Balaban J connectivity index is 1.78. The normalized spacial score (nSPS) is 12.0. The number of aromatic nitrogens is 4. The fourth-order valence-corrected chi connectivity index (χ4v) is 2.75. The lowest BCUT2D eigenvalue weighted by Crippen LogP contribution is -2.16. The quantitative estimate of drug-likeness (QED) is 0.697.